The molecule has 1 heterocycles. The molecule has 1 aliphatic rings. The Morgan fingerprint density at radius 2 is 1.48 bits per heavy atom. The average molecular weight is 382 g/mol. The van der Waals surface area contributed by atoms with Crippen LogP contribution in [0.3, 0.4) is 0 Å². The SMILES string of the molecule is COc1ccccc1C1=N/C(=C/c2ccc(C)cc2)C(=O)N1c1ccc(C)cc1. The normalized spacial score (nSPS) is 15.0. The molecule has 0 fully saturated rings. The number of aliphatic imine (C=N–C) groups is 1. The zero-order chi connectivity index (χ0) is 20.4. The maximum atomic E-state index is 13.3. The predicted octanol–water partition coefficient (Wildman–Crippen LogP) is 5.15. The van der Waals surface area contributed by atoms with Crippen LogP contribution in [-0.4, -0.2) is 18.9 Å². The van der Waals surface area contributed by atoms with Gasteiger partial charge in [-0.25, -0.2) is 4.99 Å². The van der Waals surface area contributed by atoms with Gasteiger partial charge < -0.3 is 4.74 Å². The van der Waals surface area contributed by atoms with E-state index in [9.17, 15) is 4.79 Å². The standard InChI is InChI=1S/C25H22N2O2/c1-17-8-12-19(13-9-17)16-22-25(28)27(20-14-10-18(2)11-15-20)24(26-22)21-6-4-5-7-23(21)29-3/h4-16H,1-3H3/b22-16+. The summed E-state index contributed by atoms with van der Waals surface area (Å²) in [7, 11) is 1.62. The first-order valence-corrected chi connectivity index (χ1v) is 9.48. The van der Waals surface area contributed by atoms with Crippen LogP contribution in [0.1, 0.15) is 22.3 Å². The number of rotatable bonds is 4. The summed E-state index contributed by atoms with van der Waals surface area (Å²) >= 11 is 0. The van der Waals surface area contributed by atoms with E-state index in [0.29, 0.717) is 17.3 Å². The van der Waals surface area contributed by atoms with Crippen molar-refractivity contribution in [2.24, 2.45) is 4.99 Å². The number of carbonyl (C=O) groups excluding carboxylic acids is 1. The maximum absolute atomic E-state index is 13.3. The predicted molar refractivity (Wildman–Crippen MR) is 117 cm³/mol. The number of methoxy groups -OCH3 is 1. The van der Waals surface area contributed by atoms with Gasteiger partial charge in [0.1, 0.15) is 11.4 Å². The number of anilines is 1. The minimum absolute atomic E-state index is 0.157. The van der Waals surface area contributed by atoms with Crippen molar-refractivity contribution in [3.8, 4) is 5.75 Å². The minimum Gasteiger partial charge on any atom is -0.496 e. The Kier molecular flexibility index (Phi) is 5.00. The van der Waals surface area contributed by atoms with E-state index in [1.54, 1.807) is 12.0 Å². The summed E-state index contributed by atoms with van der Waals surface area (Å²) in [6.07, 6.45) is 1.82. The lowest BCUT2D eigenvalue weighted by molar-refractivity contribution is -0.113. The summed E-state index contributed by atoms with van der Waals surface area (Å²) in [4.78, 5) is 19.7. The molecule has 0 bridgehead atoms. The highest BCUT2D eigenvalue weighted by Gasteiger charge is 2.33. The first-order chi connectivity index (χ1) is 14.1. The van der Waals surface area contributed by atoms with Gasteiger partial charge in [-0.05, 0) is 49.8 Å². The molecule has 1 aliphatic heterocycles. The highest BCUT2D eigenvalue weighted by atomic mass is 16.5. The Morgan fingerprint density at radius 3 is 2.14 bits per heavy atom. The number of amides is 1. The lowest BCUT2D eigenvalue weighted by Crippen LogP contribution is -2.32. The molecule has 0 unspecified atom stereocenters. The Bertz CT molecular complexity index is 1110. The molecule has 0 saturated carbocycles. The quantitative estimate of drug-likeness (QED) is 0.586. The number of para-hydroxylation sites is 1. The monoisotopic (exact) mass is 382 g/mol. The highest BCUT2D eigenvalue weighted by Crippen LogP contribution is 2.31. The van der Waals surface area contributed by atoms with Gasteiger partial charge in [0.15, 0.2) is 5.84 Å². The van der Waals surface area contributed by atoms with Crippen LogP contribution in [0.25, 0.3) is 6.08 Å². The van der Waals surface area contributed by atoms with Crippen molar-refractivity contribution in [2.75, 3.05) is 12.0 Å². The molecular weight excluding hydrogens is 360 g/mol. The van der Waals surface area contributed by atoms with Gasteiger partial charge in [-0.2, -0.15) is 0 Å². The van der Waals surface area contributed by atoms with E-state index in [1.807, 2.05) is 92.7 Å². The fourth-order valence-corrected chi connectivity index (χ4v) is 3.28. The Labute approximate surface area is 170 Å². The van der Waals surface area contributed by atoms with Crippen molar-refractivity contribution in [1.29, 1.82) is 0 Å². The Hall–Kier alpha value is -3.66. The molecule has 0 N–H and O–H groups in total. The van der Waals surface area contributed by atoms with Crippen molar-refractivity contribution in [3.05, 3.63) is 101 Å². The third-order valence-corrected chi connectivity index (χ3v) is 4.88. The molecule has 0 spiro atoms. The van der Waals surface area contributed by atoms with Gasteiger partial charge in [-0.1, -0.05) is 59.7 Å². The molecule has 0 radical (unpaired) electrons. The molecule has 3 aromatic rings. The molecule has 4 heteroatoms. The Balaban J connectivity index is 1.85. The largest absolute Gasteiger partial charge is 0.496 e. The molecule has 3 aromatic carbocycles. The lowest BCUT2D eigenvalue weighted by Gasteiger charge is -2.20. The van der Waals surface area contributed by atoms with Crippen LogP contribution in [0.15, 0.2) is 83.5 Å². The second-order valence-electron chi connectivity index (χ2n) is 7.05. The number of hydrogen-bond donors (Lipinski definition) is 0. The summed E-state index contributed by atoms with van der Waals surface area (Å²) in [5.74, 6) is 1.08. The molecule has 0 aliphatic carbocycles. The van der Waals surface area contributed by atoms with Crippen LogP contribution in [0.4, 0.5) is 5.69 Å². The lowest BCUT2D eigenvalue weighted by atomic mass is 10.1. The summed E-state index contributed by atoms with van der Waals surface area (Å²) < 4.78 is 5.52. The van der Waals surface area contributed by atoms with E-state index >= 15 is 0 Å². The van der Waals surface area contributed by atoms with Crippen LogP contribution < -0.4 is 9.64 Å². The van der Waals surface area contributed by atoms with Gasteiger partial charge in [-0.15, -0.1) is 0 Å². The van der Waals surface area contributed by atoms with E-state index in [1.165, 1.54) is 5.56 Å². The minimum atomic E-state index is -0.157. The molecule has 4 rings (SSSR count). The van der Waals surface area contributed by atoms with Crippen LogP contribution in [-0.2, 0) is 4.79 Å². The molecular formula is C25H22N2O2. The second kappa shape index (κ2) is 7.76. The summed E-state index contributed by atoms with van der Waals surface area (Å²) in [6, 6.07) is 23.5. The molecule has 4 nitrogen and oxygen atoms in total. The molecule has 0 atom stereocenters. The average Bonchev–Trinajstić information content (AvgIpc) is 3.06. The molecule has 144 valence electrons. The van der Waals surface area contributed by atoms with Crippen LogP contribution >= 0.6 is 0 Å². The number of aryl methyl sites for hydroxylation is 2. The third-order valence-electron chi connectivity index (χ3n) is 4.88. The van der Waals surface area contributed by atoms with E-state index in [2.05, 4.69) is 0 Å². The topological polar surface area (TPSA) is 41.9 Å². The van der Waals surface area contributed by atoms with Gasteiger partial charge in [-0.3, -0.25) is 9.69 Å². The number of benzene rings is 3. The number of amidine groups is 1. The van der Waals surface area contributed by atoms with Crippen molar-refractivity contribution >= 4 is 23.5 Å². The van der Waals surface area contributed by atoms with Crippen LogP contribution in [0.2, 0.25) is 0 Å². The molecule has 0 saturated heterocycles. The Morgan fingerprint density at radius 1 is 0.862 bits per heavy atom. The van der Waals surface area contributed by atoms with Gasteiger partial charge in [0, 0.05) is 0 Å². The van der Waals surface area contributed by atoms with Gasteiger partial charge in [0.05, 0.1) is 18.4 Å². The van der Waals surface area contributed by atoms with Gasteiger partial charge >= 0.3 is 0 Å². The van der Waals surface area contributed by atoms with Crippen molar-refractivity contribution < 1.29 is 9.53 Å². The van der Waals surface area contributed by atoms with Gasteiger partial charge in [0.2, 0.25) is 0 Å². The van der Waals surface area contributed by atoms with E-state index < -0.39 is 0 Å². The number of nitrogens with zero attached hydrogens (tertiary/aromatic N) is 2. The zero-order valence-electron chi connectivity index (χ0n) is 16.7. The second-order valence-corrected chi connectivity index (χ2v) is 7.05. The number of carbonyl (C=O) groups is 1. The van der Waals surface area contributed by atoms with E-state index in [4.69, 9.17) is 9.73 Å². The number of ether oxygens (including phenoxy) is 1. The third kappa shape index (κ3) is 3.69. The van der Waals surface area contributed by atoms with Gasteiger partial charge in [0.25, 0.3) is 5.91 Å². The highest BCUT2D eigenvalue weighted by molar-refractivity contribution is 6.33. The van der Waals surface area contributed by atoms with Crippen molar-refractivity contribution in [3.63, 3.8) is 0 Å². The summed E-state index contributed by atoms with van der Waals surface area (Å²) in [5, 5.41) is 0. The van der Waals surface area contributed by atoms with Crippen LogP contribution in [0, 0.1) is 13.8 Å². The van der Waals surface area contributed by atoms with Crippen molar-refractivity contribution in [2.45, 2.75) is 13.8 Å². The smallest absolute Gasteiger partial charge is 0.282 e. The summed E-state index contributed by atoms with van der Waals surface area (Å²) in [6.45, 7) is 4.06. The van der Waals surface area contributed by atoms with Crippen molar-refractivity contribution in [1.82, 2.24) is 0 Å². The first-order valence-electron chi connectivity index (χ1n) is 9.48. The summed E-state index contributed by atoms with van der Waals surface area (Å²) in [5.41, 5.74) is 5.19. The number of hydrogen-bond acceptors (Lipinski definition) is 3. The maximum Gasteiger partial charge on any atom is 0.282 e. The molecule has 29 heavy (non-hydrogen) atoms. The van der Waals surface area contributed by atoms with E-state index in [0.717, 1.165) is 22.4 Å². The zero-order valence-corrected chi connectivity index (χ0v) is 16.7. The molecule has 1 amide bonds. The first kappa shape index (κ1) is 18.7. The van der Waals surface area contributed by atoms with Crippen LogP contribution in [0.5, 0.6) is 5.75 Å². The molecule has 0 aromatic heterocycles. The fraction of sp³-hybridized carbons (Fsp3) is 0.120. The fourth-order valence-electron chi connectivity index (χ4n) is 3.28. The van der Waals surface area contributed by atoms with E-state index in [-0.39, 0.29) is 5.91 Å².